The Balaban J connectivity index is 2.02. The molecule has 0 aliphatic rings. The predicted octanol–water partition coefficient (Wildman–Crippen LogP) is 4.57. The second-order valence-corrected chi connectivity index (χ2v) is 5.27. The highest BCUT2D eigenvalue weighted by Crippen LogP contribution is 2.24. The average Bonchev–Trinajstić information content (AvgIpc) is 2.43. The highest BCUT2D eigenvalue weighted by Gasteiger charge is 2.07. The van der Waals surface area contributed by atoms with Crippen molar-refractivity contribution in [1.82, 2.24) is 4.98 Å². The van der Waals surface area contributed by atoms with Crippen molar-refractivity contribution in [2.24, 2.45) is 0 Å². The van der Waals surface area contributed by atoms with Gasteiger partial charge >= 0.3 is 0 Å². The van der Waals surface area contributed by atoms with E-state index in [1.807, 2.05) is 12.1 Å². The molecule has 0 radical (unpaired) electrons. The lowest BCUT2D eigenvalue weighted by molar-refractivity contribution is 1.01. The van der Waals surface area contributed by atoms with Crippen LogP contribution in [0.3, 0.4) is 0 Å². The second kappa shape index (κ2) is 6.81. The van der Waals surface area contributed by atoms with E-state index in [0.29, 0.717) is 39.4 Å². The van der Waals surface area contributed by atoms with Crippen molar-refractivity contribution < 1.29 is 0 Å². The molecule has 0 saturated heterocycles. The minimum Gasteiger partial charge on any atom is -0.368 e. The van der Waals surface area contributed by atoms with Gasteiger partial charge in [-0.2, -0.15) is 5.26 Å². The zero-order chi connectivity index (χ0) is 14.5. The van der Waals surface area contributed by atoms with E-state index in [2.05, 4.69) is 10.3 Å². The standard InChI is InChI=1S/C14H10Cl3N3/c15-11-2-1-9(12(16)7-11)3-5-19-14-13(17)10(8-18)4-6-20-14/h1-2,4,6-7H,3,5H2,(H,19,20). The molecule has 0 atom stereocenters. The van der Waals surface area contributed by atoms with Crippen LogP contribution in [0, 0.1) is 11.3 Å². The Morgan fingerprint density at radius 1 is 1.20 bits per heavy atom. The van der Waals surface area contributed by atoms with E-state index in [1.54, 1.807) is 24.4 Å². The number of aromatic nitrogens is 1. The highest BCUT2D eigenvalue weighted by molar-refractivity contribution is 6.35. The molecule has 1 aromatic heterocycles. The second-order valence-electron chi connectivity index (χ2n) is 4.05. The normalized spacial score (nSPS) is 10.1. The molecule has 2 rings (SSSR count). The Bertz CT molecular complexity index is 665. The predicted molar refractivity (Wildman–Crippen MR) is 82.6 cm³/mol. The summed E-state index contributed by atoms with van der Waals surface area (Å²) in [5.41, 5.74) is 1.38. The van der Waals surface area contributed by atoms with E-state index in [9.17, 15) is 0 Å². The van der Waals surface area contributed by atoms with Gasteiger partial charge in [0.25, 0.3) is 0 Å². The molecule has 3 nitrogen and oxygen atoms in total. The molecule has 1 heterocycles. The Hall–Kier alpha value is -1.47. The first-order valence-electron chi connectivity index (χ1n) is 5.84. The highest BCUT2D eigenvalue weighted by atomic mass is 35.5. The Labute approximate surface area is 132 Å². The van der Waals surface area contributed by atoms with Crippen LogP contribution in [-0.4, -0.2) is 11.5 Å². The first-order chi connectivity index (χ1) is 9.61. The molecule has 1 aromatic carbocycles. The topological polar surface area (TPSA) is 48.7 Å². The van der Waals surface area contributed by atoms with Crippen LogP contribution in [0.25, 0.3) is 0 Å². The van der Waals surface area contributed by atoms with Gasteiger partial charge in [-0.1, -0.05) is 40.9 Å². The monoisotopic (exact) mass is 325 g/mol. The molecule has 0 aliphatic carbocycles. The third-order valence-corrected chi connectivity index (χ3v) is 3.68. The summed E-state index contributed by atoms with van der Waals surface area (Å²) in [6.45, 7) is 0.600. The molecule has 0 aliphatic heterocycles. The first-order valence-corrected chi connectivity index (χ1v) is 6.97. The molecule has 102 valence electrons. The van der Waals surface area contributed by atoms with Crippen molar-refractivity contribution in [3.63, 3.8) is 0 Å². The SMILES string of the molecule is N#Cc1ccnc(NCCc2ccc(Cl)cc2Cl)c1Cl. The van der Waals surface area contributed by atoms with Crippen molar-refractivity contribution in [2.45, 2.75) is 6.42 Å². The summed E-state index contributed by atoms with van der Waals surface area (Å²) in [5, 5.41) is 13.5. The van der Waals surface area contributed by atoms with Crippen LogP contribution in [0.15, 0.2) is 30.5 Å². The van der Waals surface area contributed by atoms with Gasteiger partial charge in [0.05, 0.1) is 5.56 Å². The number of benzene rings is 1. The Kier molecular flexibility index (Phi) is 5.08. The maximum atomic E-state index is 8.89. The lowest BCUT2D eigenvalue weighted by Crippen LogP contribution is -2.07. The van der Waals surface area contributed by atoms with Crippen LogP contribution < -0.4 is 5.32 Å². The number of nitrogens with one attached hydrogen (secondary N) is 1. The zero-order valence-corrected chi connectivity index (χ0v) is 12.6. The molecule has 0 bridgehead atoms. The van der Waals surface area contributed by atoms with Crippen LogP contribution >= 0.6 is 34.8 Å². The van der Waals surface area contributed by atoms with Crippen molar-refractivity contribution in [3.8, 4) is 6.07 Å². The molecule has 0 spiro atoms. The number of nitrogens with zero attached hydrogens (tertiary/aromatic N) is 2. The Morgan fingerprint density at radius 2 is 2.00 bits per heavy atom. The minimum absolute atomic E-state index is 0.331. The van der Waals surface area contributed by atoms with Gasteiger partial charge in [-0.15, -0.1) is 0 Å². The van der Waals surface area contributed by atoms with Crippen molar-refractivity contribution in [1.29, 1.82) is 5.26 Å². The third kappa shape index (κ3) is 3.55. The summed E-state index contributed by atoms with van der Waals surface area (Å²) in [5.74, 6) is 0.496. The summed E-state index contributed by atoms with van der Waals surface area (Å²) < 4.78 is 0. The fourth-order valence-corrected chi connectivity index (χ4v) is 2.42. The van der Waals surface area contributed by atoms with Gasteiger partial charge in [-0.25, -0.2) is 4.98 Å². The minimum atomic E-state index is 0.331. The van der Waals surface area contributed by atoms with Gasteiger partial charge in [0.15, 0.2) is 0 Å². The molecule has 6 heteroatoms. The number of hydrogen-bond acceptors (Lipinski definition) is 3. The van der Waals surface area contributed by atoms with Crippen molar-refractivity contribution in [3.05, 3.63) is 56.7 Å². The number of hydrogen-bond donors (Lipinski definition) is 1. The molecule has 2 aromatic rings. The van der Waals surface area contributed by atoms with Crippen LogP contribution in [0.1, 0.15) is 11.1 Å². The summed E-state index contributed by atoms with van der Waals surface area (Å²) in [6.07, 6.45) is 2.24. The van der Waals surface area contributed by atoms with E-state index in [4.69, 9.17) is 40.1 Å². The number of anilines is 1. The van der Waals surface area contributed by atoms with Gasteiger partial charge in [0, 0.05) is 22.8 Å². The van der Waals surface area contributed by atoms with Gasteiger partial charge in [0.1, 0.15) is 16.9 Å². The summed E-state index contributed by atoms with van der Waals surface area (Å²) >= 11 is 18.0. The Morgan fingerprint density at radius 3 is 2.70 bits per heavy atom. The van der Waals surface area contributed by atoms with Crippen molar-refractivity contribution >= 4 is 40.6 Å². The van der Waals surface area contributed by atoms with E-state index < -0.39 is 0 Å². The molecule has 0 fully saturated rings. The fraction of sp³-hybridized carbons (Fsp3) is 0.143. The number of nitriles is 1. The van der Waals surface area contributed by atoms with E-state index in [1.165, 1.54) is 0 Å². The number of pyridine rings is 1. The lowest BCUT2D eigenvalue weighted by Gasteiger charge is -2.09. The quantitative estimate of drug-likeness (QED) is 0.895. The summed E-state index contributed by atoms with van der Waals surface area (Å²) in [7, 11) is 0. The average molecular weight is 327 g/mol. The van der Waals surface area contributed by atoms with Crippen LogP contribution in [0.2, 0.25) is 15.1 Å². The van der Waals surface area contributed by atoms with E-state index >= 15 is 0 Å². The van der Waals surface area contributed by atoms with Gasteiger partial charge < -0.3 is 5.32 Å². The summed E-state index contributed by atoms with van der Waals surface area (Å²) in [6, 6.07) is 8.97. The molecule has 20 heavy (non-hydrogen) atoms. The molecule has 0 unspecified atom stereocenters. The molecular formula is C14H10Cl3N3. The maximum absolute atomic E-state index is 8.89. The van der Waals surface area contributed by atoms with Crippen LogP contribution in [0.5, 0.6) is 0 Å². The first kappa shape index (κ1) is 14.9. The van der Waals surface area contributed by atoms with Gasteiger partial charge in [-0.05, 0) is 30.2 Å². The van der Waals surface area contributed by atoms with E-state index in [0.717, 1.165) is 5.56 Å². The van der Waals surface area contributed by atoms with Gasteiger partial charge in [-0.3, -0.25) is 0 Å². The molecular weight excluding hydrogens is 317 g/mol. The third-order valence-electron chi connectivity index (χ3n) is 2.71. The molecule has 0 amide bonds. The fourth-order valence-electron chi connectivity index (χ4n) is 1.69. The van der Waals surface area contributed by atoms with Crippen LogP contribution in [0.4, 0.5) is 5.82 Å². The van der Waals surface area contributed by atoms with E-state index in [-0.39, 0.29) is 0 Å². The number of halogens is 3. The van der Waals surface area contributed by atoms with Gasteiger partial charge in [0.2, 0.25) is 0 Å². The number of rotatable bonds is 4. The smallest absolute Gasteiger partial charge is 0.146 e. The summed E-state index contributed by atoms with van der Waals surface area (Å²) in [4.78, 5) is 4.11. The largest absolute Gasteiger partial charge is 0.368 e. The lowest BCUT2D eigenvalue weighted by atomic mass is 10.1. The van der Waals surface area contributed by atoms with Crippen LogP contribution in [-0.2, 0) is 6.42 Å². The zero-order valence-electron chi connectivity index (χ0n) is 10.3. The molecule has 1 N–H and O–H groups in total. The molecule has 0 saturated carbocycles. The maximum Gasteiger partial charge on any atom is 0.146 e. The van der Waals surface area contributed by atoms with Crippen molar-refractivity contribution in [2.75, 3.05) is 11.9 Å².